The van der Waals surface area contributed by atoms with Crippen LogP contribution in [0.3, 0.4) is 0 Å². The third-order valence-electron chi connectivity index (χ3n) is 4.34. The lowest BCUT2D eigenvalue weighted by atomic mass is 9.68. The van der Waals surface area contributed by atoms with E-state index in [1.165, 1.54) is 16.7 Å². The van der Waals surface area contributed by atoms with Gasteiger partial charge in [-0.2, -0.15) is 0 Å². The zero-order valence-electron chi connectivity index (χ0n) is 11.1. The molecule has 0 radical (unpaired) electrons. The maximum Gasteiger partial charge on any atom is 0.0588 e. The van der Waals surface area contributed by atoms with Gasteiger partial charge in [-0.3, -0.25) is 0 Å². The predicted octanol–water partition coefficient (Wildman–Crippen LogP) is 2.56. The Labute approximate surface area is 104 Å². The Balaban J connectivity index is 2.31. The van der Waals surface area contributed by atoms with E-state index in [0.29, 0.717) is 5.92 Å². The number of ether oxygens (including phenoxy) is 1. The average Bonchev–Trinajstić information content (AvgIpc) is 2.22. The minimum absolute atomic E-state index is 0.206. The molecule has 1 aliphatic rings. The van der Waals surface area contributed by atoms with Gasteiger partial charge < -0.3 is 10.5 Å². The van der Waals surface area contributed by atoms with Crippen molar-refractivity contribution in [3.05, 3.63) is 34.9 Å². The predicted molar refractivity (Wildman–Crippen MR) is 71.2 cm³/mol. The second kappa shape index (κ2) is 4.79. The molecule has 2 N–H and O–H groups in total. The molecule has 1 heterocycles. The zero-order valence-corrected chi connectivity index (χ0v) is 11.1. The maximum absolute atomic E-state index is 5.70. The van der Waals surface area contributed by atoms with Gasteiger partial charge in [0.25, 0.3) is 0 Å². The highest BCUT2D eigenvalue weighted by molar-refractivity contribution is 5.36. The third kappa shape index (κ3) is 2.12. The summed E-state index contributed by atoms with van der Waals surface area (Å²) >= 11 is 0. The molecule has 0 aromatic heterocycles. The number of aryl methyl sites for hydroxylation is 2. The van der Waals surface area contributed by atoms with E-state index in [1.54, 1.807) is 0 Å². The van der Waals surface area contributed by atoms with E-state index in [9.17, 15) is 0 Å². The lowest BCUT2D eigenvalue weighted by Gasteiger charge is -2.47. The van der Waals surface area contributed by atoms with Crippen LogP contribution in [0, 0.1) is 19.8 Å². The Hall–Kier alpha value is -0.860. The monoisotopic (exact) mass is 233 g/mol. The molecule has 0 bridgehead atoms. The van der Waals surface area contributed by atoms with Crippen molar-refractivity contribution in [2.75, 3.05) is 19.8 Å². The van der Waals surface area contributed by atoms with Gasteiger partial charge in [-0.15, -0.1) is 0 Å². The first-order valence-electron chi connectivity index (χ1n) is 6.46. The highest BCUT2D eigenvalue weighted by Gasteiger charge is 2.44. The summed E-state index contributed by atoms with van der Waals surface area (Å²) in [6, 6.07) is 6.81. The molecule has 0 amide bonds. The Morgan fingerprint density at radius 2 is 2.00 bits per heavy atom. The fourth-order valence-corrected chi connectivity index (χ4v) is 2.64. The van der Waals surface area contributed by atoms with E-state index in [4.69, 9.17) is 10.5 Å². The van der Waals surface area contributed by atoms with Gasteiger partial charge in [0.2, 0.25) is 0 Å². The summed E-state index contributed by atoms with van der Waals surface area (Å²) in [6.07, 6.45) is 1.07. The molecule has 2 heteroatoms. The van der Waals surface area contributed by atoms with Crippen LogP contribution in [0.1, 0.15) is 30.0 Å². The van der Waals surface area contributed by atoms with Gasteiger partial charge in [0.15, 0.2) is 0 Å². The molecule has 1 aromatic carbocycles. The molecular weight excluding hydrogens is 210 g/mol. The number of hydrogen-bond acceptors (Lipinski definition) is 2. The second-order valence-electron chi connectivity index (χ2n) is 5.43. The Morgan fingerprint density at radius 1 is 1.29 bits per heavy atom. The third-order valence-corrected chi connectivity index (χ3v) is 4.34. The van der Waals surface area contributed by atoms with Crippen LogP contribution in [0.2, 0.25) is 0 Å². The van der Waals surface area contributed by atoms with Crippen LogP contribution in [0.25, 0.3) is 0 Å². The molecule has 2 rings (SSSR count). The van der Waals surface area contributed by atoms with Crippen molar-refractivity contribution in [3.63, 3.8) is 0 Å². The van der Waals surface area contributed by atoms with Gasteiger partial charge >= 0.3 is 0 Å². The van der Waals surface area contributed by atoms with E-state index in [1.807, 2.05) is 0 Å². The molecule has 94 valence electrons. The van der Waals surface area contributed by atoms with E-state index in [0.717, 1.165) is 26.2 Å². The first-order chi connectivity index (χ1) is 8.10. The van der Waals surface area contributed by atoms with E-state index < -0.39 is 0 Å². The minimum atomic E-state index is 0.206. The number of hydrogen-bond donors (Lipinski definition) is 1. The van der Waals surface area contributed by atoms with Crippen molar-refractivity contribution < 1.29 is 4.74 Å². The van der Waals surface area contributed by atoms with Gasteiger partial charge in [-0.25, -0.2) is 0 Å². The SMILES string of the molecule is Cc1ccc(C2(C(C)CCN)COC2)cc1C. The fraction of sp³-hybridized carbons (Fsp3) is 0.600. The minimum Gasteiger partial charge on any atom is -0.379 e. The van der Waals surface area contributed by atoms with Crippen molar-refractivity contribution in [1.29, 1.82) is 0 Å². The molecule has 1 saturated heterocycles. The summed E-state index contributed by atoms with van der Waals surface area (Å²) < 4.78 is 5.49. The van der Waals surface area contributed by atoms with Gasteiger partial charge in [0.05, 0.1) is 13.2 Å². The van der Waals surface area contributed by atoms with Crippen LogP contribution >= 0.6 is 0 Å². The number of nitrogens with two attached hydrogens (primary N) is 1. The van der Waals surface area contributed by atoms with Crippen LogP contribution < -0.4 is 5.73 Å². The van der Waals surface area contributed by atoms with E-state index in [-0.39, 0.29) is 5.41 Å². The lowest BCUT2D eigenvalue weighted by molar-refractivity contribution is -0.0883. The molecule has 0 saturated carbocycles. The first kappa shape index (κ1) is 12.6. The molecule has 17 heavy (non-hydrogen) atoms. The number of benzene rings is 1. The Morgan fingerprint density at radius 3 is 2.47 bits per heavy atom. The molecule has 0 aliphatic carbocycles. The van der Waals surface area contributed by atoms with E-state index in [2.05, 4.69) is 39.0 Å². The van der Waals surface area contributed by atoms with Crippen LogP contribution in [0.5, 0.6) is 0 Å². The topological polar surface area (TPSA) is 35.2 Å². The van der Waals surface area contributed by atoms with Crippen LogP contribution in [-0.4, -0.2) is 19.8 Å². The Kier molecular flexibility index (Phi) is 3.55. The maximum atomic E-state index is 5.70. The summed E-state index contributed by atoms with van der Waals surface area (Å²) in [7, 11) is 0. The smallest absolute Gasteiger partial charge is 0.0588 e. The zero-order chi connectivity index (χ0) is 12.5. The van der Waals surface area contributed by atoms with Crippen molar-refractivity contribution in [1.82, 2.24) is 0 Å². The van der Waals surface area contributed by atoms with Gasteiger partial charge in [-0.1, -0.05) is 25.1 Å². The number of rotatable bonds is 4. The summed E-state index contributed by atoms with van der Waals surface area (Å²) in [6.45, 7) is 9.08. The van der Waals surface area contributed by atoms with E-state index >= 15 is 0 Å². The molecule has 0 spiro atoms. The second-order valence-corrected chi connectivity index (χ2v) is 5.43. The normalized spacial score (nSPS) is 19.8. The largest absolute Gasteiger partial charge is 0.379 e. The lowest BCUT2D eigenvalue weighted by Crippen LogP contribution is -2.52. The standard InChI is InChI=1S/C15H23NO/c1-11-4-5-14(8-12(11)2)15(9-17-10-15)13(3)6-7-16/h4-5,8,13H,6-7,9-10,16H2,1-3H3. The highest BCUT2D eigenvalue weighted by Crippen LogP contribution is 2.41. The van der Waals surface area contributed by atoms with Gasteiger partial charge in [0.1, 0.15) is 0 Å². The van der Waals surface area contributed by atoms with Crippen LogP contribution in [-0.2, 0) is 10.2 Å². The molecule has 1 fully saturated rings. The summed E-state index contributed by atoms with van der Waals surface area (Å²) in [4.78, 5) is 0. The summed E-state index contributed by atoms with van der Waals surface area (Å²) in [5.41, 5.74) is 10.1. The Bertz CT molecular complexity index is 396. The van der Waals surface area contributed by atoms with Crippen molar-refractivity contribution >= 4 is 0 Å². The quantitative estimate of drug-likeness (QED) is 0.867. The first-order valence-corrected chi connectivity index (χ1v) is 6.46. The van der Waals surface area contributed by atoms with Gasteiger partial charge in [0, 0.05) is 5.41 Å². The molecule has 1 atom stereocenters. The highest BCUT2D eigenvalue weighted by atomic mass is 16.5. The van der Waals surface area contributed by atoms with Crippen LogP contribution in [0.15, 0.2) is 18.2 Å². The molecule has 1 aromatic rings. The molecule has 1 aliphatic heterocycles. The molecule has 2 nitrogen and oxygen atoms in total. The fourth-order valence-electron chi connectivity index (χ4n) is 2.64. The molecular formula is C15H23NO. The van der Waals surface area contributed by atoms with Crippen molar-refractivity contribution in [2.45, 2.75) is 32.6 Å². The molecule has 1 unspecified atom stereocenters. The van der Waals surface area contributed by atoms with Crippen molar-refractivity contribution in [2.24, 2.45) is 11.7 Å². The average molecular weight is 233 g/mol. The summed E-state index contributed by atoms with van der Waals surface area (Å²) in [5, 5.41) is 0. The van der Waals surface area contributed by atoms with Gasteiger partial charge in [-0.05, 0) is 49.4 Å². The summed E-state index contributed by atoms with van der Waals surface area (Å²) in [5.74, 6) is 0.586. The van der Waals surface area contributed by atoms with Crippen molar-refractivity contribution in [3.8, 4) is 0 Å². The van der Waals surface area contributed by atoms with Crippen LogP contribution in [0.4, 0.5) is 0 Å².